The molecule has 12 heteroatoms. The van der Waals surface area contributed by atoms with Crippen LogP contribution in [0.1, 0.15) is 21.5 Å². The number of oxazole rings is 1. The van der Waals surface area contributed by atoms with E-state index in [1.165, 1.54) is 22.8 Å². The number of nitrogens with zero attached hydrogens (tertiary/aromatic N) is 2. The van der Waals surface area contributed by atoms with Crippen LogP contribution in [0.3, 0.4) is 0 Å². The molecule has 1 heterocycles. The number of amides is 1. The summed E-state index contributed by atoms with van der Waals surface area (Å²) in [5.41, 5.74) is -3.42. The lowest BCUT2D eigenvalue weighted by Crippen LogP contribution is -2.23. The molecule has 0 saturated carbocycles. The predicted octanol–water partition coefficient (Wildman–Crippen LogP) is 4.45. The number of hydrogen-bond acceptors (Lipinski definition) is 4. The van der Waals surface area contributed by atoms with E-state index in [9.17, 15) is 35.9 Å². The number of nitrogens with one attached hydrogen (secondary N) is 1. The Kier molecular flexibility index (Phi) is 6.09. The SMILES string of the molecule is CN(C)CCn1c(=O)oc2ccc(NC(=O)c3cc(C(F)(F)F)cc(C(F)(F)F)c3)cc21. The first kappa shape index (κ1) is 23.4. The van der Waals surface area contributed by atoms with Crippen molar-refractivity contribution >= 4 is 22.7 Å². The van der Waals surface area contributed by atoms with Crippen LogP contribution in [0.4, 0.5) is 32.0 Å². The van der Waals surface area contributed by atoms with Crippen molar-refractivity contribution in [3.05, 3.63) is 63.6 Å². The minimum atomic E-state index is -5.07. The molecule has 3 rings (SSSR count). The molecule has 0 radical (unpaired) electrons. The van der Waals surface area contributed by atoms with Crippen molar-refractivity contribution in [1.29, 1.82) is 0 Å². The van der Waals surface area contributed by atoms with Gasteiger partial charge < -0.3 is 14.6 Å². The molecule has 0 saturated heterocycles. The van der Waals surface area contributed by atoms with Crippen molar-refractivity contribution in [3.63, 3.8) is 0 Å². The minimum absolute atomic E-state index is 0.0578. The summed E-state index contributed by atoms with van der Waals surface area (Å²) >= 11 is 0. The predicted molar refractivity (Wildman–Crippen MR) is 103 cm³/mol. The fourth-order valence-corrected chi connectivity index (χ4v) is 2.94. The molecule has 6 nitrogen and oxygen atoms in total. The van der Waals surface area contributed by atoms with E-state index in [2.05, 4.69) is 5.32 Å². The number of aromatic nitrogens is 1. The molecule has 32 heavy (non-hydrogen) atoms. The molecule has 0 spiro atoms. The maximum absolute atomic E-state index is 13.0. The van der Waals surface area contributed by atoms with Gasteiger partial charge in [0.05, 0.1) is 16.6 Å². The van der Waals surface area contributed by atoms with Gasteiger partial charge in [0.2, 0.25) is 0 Å². The van der Waals surface area contributed by atoms with Crippen molar-refractivity contribution in [2.75, 3.05) is 26.0 Å². The Bertz CT molecular complexity index is 1180. The number of alkyl halides is 6. The average molecular weight is 461 g/mol. The van der Waals surface area contributed by atoms with Gasteiger partial charge >= 0.3 is 18.1 Å². The van der Waals surface area contributed by atoms with Crippen LogP contribution in [-0.2, 0) is 18.9 Å². The number of hydrogen-bond donors (Lipinski definition) is 1. The van der Waals surface area contributed by atoms with Gasteiger partial charge in [-0.2, -0.15) is 26.3 Å². The Morgan fingerprint density at radius 2 is 1.59 bits per heavy atom. The maximum Gasteiger partial charge on any atom is 0.419 e. The number of benzene rings is 2. The summed E-state index contributed by atoms with van der Waals surface area (Å²) in [5.74, 6) is -1.82. The van der Waals surface area contributed by atoms with Crippen LogP contribution in [0, 0.1) is 0 Å². The fraction of sp³-hybridized carbons (Fsp3) is 0.300. The molecule has 3 aromatic rings. The summed E-state index contributed by atoms with van der Waals surface area (Å²) in [4.78, 5) is 26.3. The Hall–Kier alpha value is -3.28. The first-order valence-corrected chi connectivity index (χ1v) is 9.14. The first-order valence-electron chi connectivity index (χ1n) is 9.14. The summed E-state index contributed by atoms with van der Waals surface area (Å²) < 4.78 is 84.6. The molecule has 0 aliphatic heterocycles. The van der Waals surface area contributed by atoms with Crippen molar-refractivity contribution in [3.8, 4) is 0 Å². The minimum Gasteiger partial charge on any atom is -0.408 e. The standard InChI is InChI=1S/C20H17F6N3O3/c1-28(2)5-6-29-15-10-14(3-4-16(15)32-18(29)31)27-17(30)11-7-12(19(21,22)23)9-13(8-11)20(24,25)26/h3-4,7-10H,5-6H2,1-2H3,(H,27,30). The fourth-order valence-electron chi connectivity index (χ4n) is 2.94. The number of rotatable bonds is 5. The molecule has 1 N–H and O–H groups in total. The van der Waals surface area contributed by atoms with Gasteiger partial charge in [-0.05, 0) is 50.5 Å². The smallest absolute Gasteiger partial charge is 0.408 e. The number of carbonyl (C=O) groups excluding carboxylic acids is 1. The molecule has 0 atom stereocenters. The van der Waals surface area contributed by atoms with Gasteiger partial charge in [0.1, 0.15) is 0 Å². The van der Waals surface area contributed by atoms with Gasteiger partial charge in [-0.15, -0.1) is 0 Å². The van der Waals surface area contributed by atoms with Crippen LogP contribution >= 0.6 is 0 Å². The molecule has 0 aliphatic rings. The summed E-state index contributed by atoms with van der Waals surface area (Å²) in [5, 5.41) is 2.27. The topological polar surface area (TPSA) is 67.5 Å². The van der Waals surface area contributed by atoms with Crippen molar-refractivity contribution < 1.29 is 35.6 Å². The van der Waals surface area contributed by atoms with Gasteiger partial charge in [-0.3, -0.25) is 9.36 Å². The Morgan fingerprint density at radius 1 is 1.00 bits per heavy atom. The van der Waals surface area contributed by atoms with E-state index in [1.54, 1.807) is 14.1 Å². The van der Waals surface area contributed by atoms with Gasteiger partial charge in [0, 0.05) is 24.3 Å². The molecule has 0 aliphatic carbocycles. The number of carbonyl (C=O) groups is 1. The molecular formula is C20H17F6N3O3. The molecular weight excluding hydrogens is 444 g/mol. The zero-order chi connectivity index (χ0) is 23.8. The Labute approximate surface area is 177 Å². The molecule has 0 unspecified atom stereocenters. The van der Waals surface area contributed by atoms with E-state index < -0.39 is 40.7 Å². The Balaban J connectivity index is 1.96. The quantitative estimate of drug-likeness (QED) is 0.571. The third kappa shape index (κ3) is 5.13. The highest BCUT2D eigenvalue weighted by molar-refractivity contribution is 6.05. The van der Waals surface area contributed by atoms with Crippen molar-refractivity contribution in [2.45, 2.75) is 18.9 Å². The van der Waals surface area contributed by atoms with Crippen LogP contribution in [0.15, 0.2) is 45.6 Å². The molecule has 0 fully saturated rings. The second-order valence-corrected chi connectivity index (χ2v) is 7.25. The molecule has 1 amide bonds. The highest BCUT2D eigenvalue weighted by Gasteiger charge is 2.37. The molecule has 1 aromatic heterocycles. The zero-order valence-corrected chi connectivity index (χ0v) is 16.8. The highest BCUT2D eigenvalue weighted by Crippen LogP contribution is 2.36. The van der Waals surface area contributed by atoms with Crippen LogP contribution in [0.2, 0.25) is 0 Å². The lowest BCUT2D eigenvalue weighted by molar-refractivity contribution is -0.143. The summed E-state index contributed by atoms with van der Waals surface area (Å²) in [6.07, 6.45) is -10.1. The largest absolute Gasteiger partial charge is 0.419 e. The normalized spacial score (nSPS) is 12.5. The first-order chi connectivity index (χ1) is 14.8. The lowest BCUT2D eigenvalue weighted by atomic mass is 10.0. The van der Waals surface area contributed by atoms with Crippen LogP contribution < -0.4 is 11.1 Å². The third-order valence-electron chi connectivity index (χ3n) is 4.55. The van der Waals surface area contributed by atoms with E-state index in [0.717, 1.165) is 0 Å². The zero-order valence-electron chi connectivity index (χ0n) is 16.8. The van der Waals surface area contributed by atoms with Gasteiger partial charge in [0.15, 0.2) is 5.58 Å². The maximum atomic E-state index is 13.0. The van der Waals surface area contributed by atoms with E-state index in [0.29, 0.717) is 24.2 Å². The molecule has 2 aromatic carbocycles. The van der Waals surface area contributed by atoms with Crippen LogP contribution in [-0.4, -0.2) is 36.0 Å². The lowest BCUT2D eigenvalue weighted by Gasteiger charge is -2.14. The van der Waals surface area contributed by atoms with Gasteiger partial charge in [-0.1, -0.05) is 0 Å². The number of halogens is 6. The summed E-state index contributed by atoms with van der Waals surface area (Å²) in [6, 6.07) is 4.66. The summed E-state index contributed by atoms with van der Waals surface area (Å²) in [7, 11) is 3.59. The van der Waals surface area contributed by atoms with Crippen LogP contribution in [0.5, 0.6) is 0 Å². The van der Waals surface area contributed by atoms with Crippen molar-refractivity contribution in [1.82, 2.24) is 9.47 Å². The van der Waals surface area contributed by atoms with E-state index in [1.807, 2.05) is 4.90 Å². The number of likely N-dealkylation sites (N-methyl/N-ethyl adjacent to an activating group) is 1. The van der Waals surface area contributed by atoms with Gasteiger partial charge in [0.25, 0.3) is 5.91 Å². The van der Waals surface area contributed by atoms with Gasteiger partial charge in [-0.25, -0.2) is 4.79 Å². The van der Waals surface area contributed by atoms with Crippen LogP contribution in [0.25, 0.3) is 11.1 Å². The van der Waals surface area contributed by atoms with E-state index >= 15 is 0 Å². The number of anilines is 1. The van der Waals surface area contributed by atoms with E-state index in [-0.39, 0.29) is 23.9 Å². The van der Waals surface area contributed by atoms with Crippen molar-refractivity contribution in [2.24, 2.45) is 0 Å². The summed E-state index contributed by atoms with van der Waals surface area (Å²) in [6.45, 7) is 0.758. The highest BCUT2D eigenvalue weighted by atomic mass is 19.4. The second kappa shape index (κ2) is 8.34. The van der Waals surface area contributed by atoms with E-state index in [4.69, 9.17) is 4.42 Å². The molecule has 172 valence electrons. The monoisotopic (exact) mass is 461 g/mol. The average Bonchev–Trinajstić information content (AvgIpc) is 2.99. The third-order valence-corrected chi connectivity index (χ3v) is 4.55. The second-order valence-electron chi connectivity index (χ2n) is 7.25. The Morgan fingerprint density at radius 3 is 2.12 bits per heavy atom. The molecule has 0 bridgehead atoms. The number of fused-ring (bicyclic) bond motifs is 1.